The largest absolute Gasteiger partial charge is 0.392 e. The molecule has 98 valence electrons. The number of hydrogen-bond donors (Lipinski definition) is 2. The van der Waals surface area contributed by atoms with Crippen LogP contribution in [0.3, 0.4) is 0 Å². The second kappa shape index (κ2) is 6.10. The molecule has 0 aromatic carbocycles. The molecule has 0 aliphatic heterocycles. The maximum atomic E-state index is 12.1. The van der Waals surface area contributed by atoms with Gasteiger partial charge in [0.2, 0.25) is 0 Å². The molecular formula is C9H17N3O4S. The molecule has 0 saturated carbocycles. The van der Waals surface area contributed by atoms with Crippen LogP contribution in [0.25, 0.3) is 0 Å². The Morgan fingerprint density at radius 3 is 2.88 bits per heavy atom. The highest BCUT2D eigenvalue weighted by Crippen LogP contribution is 2.15. The average Bonchev–Trinajstić information content (AvgIpc) is 2.77. The van der Waals surface area contributed by atoms with E-state index in [1.54, 1.807) is 0 Å². The van der Waals surface area contributed by atoms with Gasteiger partial charge >= 0.3 is 0 Å². The molecule has 0 amide bonds. The van der Waals surface area contributed by atoms with Gasteiger partial charge in [0.05, 0.1) is 19.4 Å². The molecule has 0 bridgehead atoms. The monoisotopic (exact) mass is 263 g/mol. The molecule has 1 heterocycles. The van der Waals surface area contributed by atoms with Gasteiger partial charge in [-0.25, -0.2) is 8.42 Å². The number of H-pyrrole nitrogens is 1. The lowest BCUT2D eigenvalue weighted by Gasteiger charge is -2.16. The maximum Gasteiger partial charge on any atom is 0.260 e. The number of likely N-dealkylation sites (N-methyl/N-ethyl adjacent to an activating group) is 1. The van der Waals surface area contributed by atoms with E-state index in [4.69, 9.17) is 9.84 Å². The number of ether oxygens (including phenoxy) is 1. The normalized spacial score (nSPS) is 12.2. The van der Waals surface area contributed by atoms with Crippen LogP contribution in [0.1, 0.15) is 12.5 Å². The number of aliphatic hydroxyl groups is 1. The molecule has 1 rings (SSSR count). The van der Waals surface area contributed by atoms with E-state index in [9.17, 15) is 8.42 Å². The van der Waals surface area contributed by atoms with E-state index >= 15 is 0 Å². The van der Waals surface area contributed by atoms with E-state index in [2.05, 4.69) is 10.2 Å². The smallest absolute Gasteiger partial charge is 0.260 e. The van der Waals surface area contributed by atoms with Crippen molar-refractivity contribution in [1.29, 1.82) is 0 Å². The first-order valence-corrected chi connectivity index (χ1v) is 6.65. The van der Waals surface area contributed by atoms with Crippen LogP contribution in [0.4, 0.5) is 0 Å². The maximum absolute atomic E-state index is 12.1. The summed E-state index contributed by atoms with van der Waals surface area (Å²) in [6.45, 7) is 2.59. The predicted molar refractivity (Wildman–Crippen MR) is 60.8 cm³/mol. The summed E-state index contributed by atoms with van der Waals surface area (Å²) in [7, 11) is -2.19. The van der Waals surface area contributed by atoms with Crippen molar-refractivity contribution in [3.63, 3.8) is 0 Å². The zero-order chi connectivity index (χ0) is 12.9. The van der Waals surface area contributed by atoms with Gasteiger partial charge in [-0.15, -0.1) is 0 Å². The number of nitrogens with zero attached hydrogens (tertiary/aromatic N) is 2. The lowest BCUT2D eigenvalue weighted by molar-refractivity contribution is 0.138. The highest BCUT2D eigenvalue weighted by molar-refractivity contribution is 7.89. The molecule has 1 aromatic heterocycles. The number of nitrogens with one attached hydrogen (secondary N) is 1. The van der Waals surface area contributed by atoms with Crippen molar-refractivity contribution < 1.29 is 18.3 Å². The highest BCUT2D eigenvalue weighted by Gasteiger charge is 2.25. The first kappa shape index (κ1) is 14.1. The van der Waals surface area contributed by atoms with Crippen molar-refractivity contribution in [3.05, 3.63) is 11.8 Å². The van der Waals surface area contributed by atoms with Gasteiger partial charge in [0.25, 0.3) is 10.0 Å². The first-order chi connectivity index (χ1) is 8.04. The van der Waals surface area contributed by atoms with E-state index in [0.29, 0.717) is 13.2 Å². The van der Waals surface area contributed by atoms with E-state index in [1.165, 1.54) is 13.2 Å². The van der Waals surface area contributed by atoms with Crippen molar-refractivity contribution in [3.8, 4) is 0 Å². The minimum atomic E-state index is -3.64. The molecule has 0 aliphatic rings. The van der Waals surface area contributed by atoms with Crippen LogP contribution < -0.4 is 0 Å². The molecule has 17 heavy (non-hydrogen) atoms. The predicted octanol–water partition coefficient (Wildman–Crippen LogP) is -0.441. The van der Waals surface area contributed by atoms with Crippen molar-refractivity contribution in [2.45, 2.75) is 18.6 Å². The molecule has 2 N–H and O–H groups in total. The summed E-state index contributed by atoms with van der Waals surface area (Å²) < 4.78 is 30.4. The van der Waals surface area contributed by atoms with Crippen LogP contribution in [-0.2, 0) is 21.4 Å². The Morgan fingerprint density at radius 1 is 1.59 bits per heavy atom. The average molecular weight is 263 g/mol. The quantitative estimate of drug-likeness (QED) is 0.650. The summed E-state index contributed by atoms with van der Waals surface area (Å²) in [5, 5.41) is 14.9. The van der Waals surface area contributed by atoms with Crippen LogP contribution in [0.15, 0.2) is 11.2 Å². The minimum Gasteiger partial charge on any atom is -0.392 e. The molecule has 0 saturated heterocycles. The standard InChI is InChI=1S/C9H17N3O4S/c1-3-16-5-4-12(2)17(14,15)9-8(7-13)6-10-11-9/h6,13H,3-5,7H2,1-2H3,(H,10,11). The molecule has 8 heteroatoms. The summed E-state index contributed by atoms with van der Waals surface area (Å²) in [6, 6.07) is 0. The van der Waals surface area contributed by atoms with Crippen molar-refractivity contribution in [2.75, 3.05) is 26.8 Å². The lowest BCUT2D eigenvalue weighted by atomic mass is 10.4. The van der Waals surface area contributed by atoms with Crippen LogP contribution in [-0.4, -0.2) is 54.8 Å². The molecule has 0 spiro atoms. The Hall–Kier alpha value is -0.960. The van der Waals surface area contributed by atoms with Gasteiger partial charge in [0.15, 0.2) is 5.03 Å². The van der Waals surface area contributed by atoms with Crippen LogP contribution in [0, 0.1) is 0 Å². The summed E-state index contributed by atoms with van der Waals surface area (Å²) in [5.41, 5.74) is 0.258. The molecule has 7 nitrogen and oxygen atoms in total. The second-order valence-corrected chi connectivity index (χ2v) is 5.39. The lowest BCUT2D eigenvalue weighted by Crippen LogP contribution is -2.31. The molecule has 0 radical (unpaired) electrons. The first-order valence-electron chi connectivity index (χ1n) is 5.21. The zero-order valence-corrected chi connectivity index (χ0v) is 10.7. The number of aliphatic hydroxyl groups excluding tert-OH is 1. The molecule has 1 aromatic rings. The van der Waals surface area contributed by atoms with E-state index in [-0.39, 0.29) is 23.7 Å². The number of aromatic nitrogens is 2. The summed E-state index contributed by atoms with van der Waals surface area (Å²) in [5.74, 6) is 0. The van der Waals surface area contributed by atoms with Gasteiger partial charge in [-0.05, 0) is 6.92 Å². The van der Waals surface area contributed by atoms with Crippen molar-refractivity contribution in [1.82, 2.24) is 14.5 Å². The van der Waals surface area contributed by atoms with Gasteiger partial charge in [0.1, 0.15) is 0 Å². The van der Waals surface area contributed by atoms with Crippen molar-refractivity contribution >= 4 is 10.0 Å². The van der Waals surface area contributed by atoms with Gasteiger partial charge in [0, 0.05) is 25.8 Å². The third-order valence-corrected chi connectivity index (χ3v) is 4.14. The van der Waals surface area contributed by atoms with Crippen LogP contribution >= 0.6 is 0 Å². The Bertz CT molecular complexity index is 443. The van der Waals surface area contributed by atoms with E-state index < -0.39 is 10.0 Å². The Balaban J connectivity index is 2.80. The zero-order valence-electron chi connectivity index (χ0n) is 9.88. The third-order valence-electron chi connectivity index (χ3n) is 2.27. The molecule has 0 unspecified atom stereocenters. The SMILES string of the molecule is CCOCCN(C)S(=O)(=O)c1[nH]ncc1CO. The summed E-state index contributed by atoms with van der Waals surface area (Å²) >= 11 is 0. The second-order valence-electron chi connectivity index (χ2n) is 3.41. The summed E-state index contributed by atoms with van der Waals surface area (Å²) in [6.07, 6.45) is 1.29. The molecule has 0 atom stereocenters. The number of rotatable bonds is 7. The fraction of sp³-hybridized carbons (Fsp3) is 0.667. The molecular weight excluding hydrogens is 246 g/mol. The van der Waals surface area contributed by atoms with Crippen LogP contribution in [0.2, 0.25) is 0 Å². The molecule has 0 aliphatic carbocycles. The van der Waals surface area contributed by atoms with Gasteiger partial charge < -0.3 is 9.84 Å². The molecule has 0 fully saturated rings. The van der Waals surface area contributed by atoms with E-state index in [0.717, 1.165) is 4.31 Å². The number of hydrogen-bond acceptors (Lipinski definition) is 5. The van der Waals surface area contributed by atoms with Gasteiger partial charge in [-0.3, -0.25) is 5.10 Å². The van der Waals surface area contributed by atoms with Gasteiger partial charge in [-0.2, -0.15) is 9.40 Å². The Morgan fingerprint density at radius 2 is 2.29 bits per heavy atom. The minimum absolute atomic E-state index is 0.0704. The number of sulfonamides is 1. The summed E-state index contributed by atoms with van der Waals surface area (Å²) in [4.78, 5) is 0. The topological polar surface area (TPSA) is 95.5 Å². The fourth-order valence-electron chi connectivity index (χ4n) is 1.25. The fourth-order valence-corrected chi connectivity index (χ4v) is 2.49. The van der Waals surface area contributed by atoms with Gasteiger partial charge in [-0.1, -0.05) is 0 Å². The Labute approximate surface area is 100 Å². The van der Waals surface area contributed by atoms with Crippen LogP contribution in [0.5, 0.6) is 0 Å². The highest BCUT2D eigenvalue weighted by atomic mass is 32.2. The third kappa shape index (κ3) is 3.25. The van der Waals surface area contributed by atoms with E-state index in [1.807, 2.05) is 6.92 Å². The number of aromatic amines is 1. The van der Waals surface area contributed by atoms with Crippen molar-refractivity contribution in [2.24, 2.45) is 0 Å². The Kier molecular flexibility index (Phi) is 5.06.